The Balaban J connectivity index is 2.03. The molecule has 0 spiro atoms. The van der Waals surface area contributed by atoms with Gasteiger partial charge in [-0.25, -0.2) is 4.98 Å². The first kappa shape index (κ1) is 14.1. The summed E-state index contributed by atoms with van der Waals surface area (Å²) < 4.78 is 40.0. The van der Waals surface area contributed by atoms with Crippen molar-refractivity contribution in [2.45, 2.75) is 12.7 Å². The molecule has 0 amide bonds. The van der Waals surface area contributed by atoms with Gasteiger partial charge in [0.25, 0.3) is 0 Å². The molecule has 0 saturated carbocycles. The van der Waals surface area contributed by atoms with E-state index in [1.165, 1.54) is 6.07 Å². The molecule has 3 rings (SSSR count). The van der Waals surface area contributed by atoms with Crippen molar-refractivity contribution in [2.24, 2.45) is 0 Å². The number of nitrogens with zero attached hydrogens (tertiary/aromatic N) is 3. The number of halogens is 3. The van der Waals surface area contributed by atoms with Crippen molar-refractivity contribution < 1.29 is 13.2 Å². The molecular formula is C16H10F3N3. The molecule has 3 nitrogen and oxygen atoms in total. The Morgan fingerprint density at radius 1 is 1.18 bits per heavy atom. The Labute approximate surface area is 124 Å². The molecule has 0 aliphatic rings. The van der Waals surface area contributed by atoms with Gasteiger partial charge in [-0.1, -0.05) is 12.1 Å². The van der Waals surface area contributed by atoms with E-state index in [1.807, 2.05) is 0 Å². The Morgan fingerprint density at radius 2 is 2.00 bits per heavy atom. The second kappa shape index (κ2) is 5.19. The molecule has 3 aromatic rings. The lowest BCUT2D eigenvalue weighted by Gasteiger charge is -2.09. The third-order valence-corrected chi connectivity index (χ3v) is 3.36. The van der Waals surface area contributed by atoms with Gasteiger partial charge in [0.05, 0.1) is 11.1 Å². The predicted molar refractivity (Wildman–Crippen MR) is 75.0 cm³/mol. The van der Waals surface area contributed by atoms with E-state index in [0.717, 1.165) is 12.1 Å². The van der Waals surface area contributed by atoms with Gasteiger partial charge in [0, 0.05) is 24.3 Å². The Kier molecular flexibility index (Phi) is 3.33. The van der Waals surface area contributed by atoms with Gasteiger partial charge in [-0.2, -0.15) is 18.4 Å². The number of fused-ring (bicyclic) bond motifs is 1. The van der Waals surface area contributed by atoms with Crippen LogP contribution in [0.5, 0.6) is 0 Å². The van der Waals surface area contributed by atoms with Crippen LogP contribution in [0.15, 0.2) is 48.8 Å². The highest BCUT2D eigenvalue weighted by molar-refractivity contribution is 5.83. The standard InChI is InChI=1S/C16H10F3N3/c17-16(18,19)13-4-1-3-11(7-13)9-22-10-12(8-20)14-5-2-6-21-15(14)22/h1-7,10H,9H2. The number of alkyl halides is 3. The molecule has 0 atom stereocenters. The van der Waals surface area contributed by atoms with Crippen molar-refractivity contribution in [2.75, 3.05) is 0 Å². The van der Waals surface area contributed by atoms with Crippen LogP contribution in [0.25, 0.3) is 11.0 Å². The highest BCUT2D eigenvalue weighted by atomic mass is 19.4. The topological polar surface area (TPSA) is 41.6 Å². The van der Waals surface area contributed by atoms with Crippen molar-refractivity contribution >= 4 is 11.0 Å². The van der Waals surface area contributed by atoms with Gasteiger partial charge in [0.1, 0.15) is 11.7 Å². The smallest absolute Gasteiger partial charge is 0.327 e. The van der Waals surface area contributed by atoms with E-state index in [-0.39, 0.29) is 6.54 Å². The third kappa shape index (κ3) is 2.53. The first-order valence-electron chi connectivity index (χ1n) is 6.49. The molecule has 0 N–H and O–H groups in total. The number of nitriles is 1. The van der Waals surface area contributed by atoms with Crippen molar-refractivity contribution in [1.82, 2.24) is 9.55 Å². The summed E-state index contributed by atoms with van der Waals surface area (Å²) in [5, 5.41) is 9.82. The second-order valence-corrected chi connectivity index (χ2v) is 4.86. The zero-order chi connectivity index (χ0) is 15.7. The third-order valence-electron chi connectivity index (χ3n) is 3.36. The minimum atomic E-state index is -4.37. The average Bonchev–Trinajstić information content (AvgIpc) is 2.85. The van der Waals surface area contributed by atoms with Crippen molar-refractivity contribution in [3.63, 3.8) is 0 Å². The molecule has 0 saturated heterocycles. The highest BCUT2D eigenvalue weighted by Crippen LogP contribution is 2.30. The summed E-state index contributed by atoms with van der Waals surface area (Å²) in [6.45, 7) is 0.221. The van der Waals surface area contributed by atoms with E-state index >= 15 is 0 Å². The lowest BCUT2D eigenvalue weighted by atomic mass is 10.1. The molecule has 2 heterocycles. The van der Waals surface area contributed by atoms with E-state index in [9.17, 15) is 13.2 Å². The van der Waals surface area contributed by atoms with Gasteiger partial charge in [-0.15, -0.1) is 0 Å². The molecule has 0 radical (unpaired) electrons. The number of hydrogen-bond acceptors (Lipinski definition) is 2. The maximum absolute atomic E-state index is 12.8. The van der Waals surface area contributed by atoms with E-state index in [2.05, 4.69) is 11.1 Å². The van der Waals surface area contributed by atoms with Gasteiger partial charge in [0.15, 0.2) is 0 Å². The number of rotatable bonds is 2. The number of benzene rings is 1. The average molecular weight is 301 g/mol. The molecule has 0 unspecified atom stereocenters. The van der Waals surface area contributed by atoms with Gasteiger partial charge >= 0.3 is 6.18 Å². The second-order valence-electron chi connectivity index (χ2n) is 4.86. The van der Waals surface area contributed by atoms with Crippen LogP contribution >= 0.6 is 0 Å². The number of aromatic nitrogens is 2. The maximum Gasteiger partial charge on any atom is 0.416 e. The van der Waals surface area contributed by atoms with Crippen molar-refractivity contribution in [3.8, 4) is 6.07 Å². The van der Waals surface area contributed by atoms with E-state index in [4.69, 9.17) is 5.26 Å². The van der Waals surface area contributed by atoms with Gasteiger partial charge in [-0.3, -0.25) is 0 Å². The minimum Gasteiger partial charge on any atom is -0.327 e. The SMILES string of the molecule is N#Cc1cn(Cc2cccc(C(F)(F)F)c2)c2ncccc12. The summed E-state index contributed by atoms with van der Waals surface area (Å²) in [4.78, 5) is 4.21. The Bertz CT molecular complexity index is 872. The Hall–Kier alpha value is -2.81. The lowest BCUT2D eigenvalue weighted by Crippen LogP contribution is -2.06. The fourth-order valence-electron chi connectivity index (χ4n) is 2.37. The highest BCUT2D eigenvalue weighted by Gasteiger charge is 2.30. The van der Waals surface area contributed by atoms with E-state index in [1.54, 1.807) is 35.2 Å². The quantitative estimate of drug-likeness (QED) is 0.718. The predicted octanol–water partition coefficient (Wildman–Crippen LogP) is 3.98. The van der Waals surface area contributed by atoms with E-state index in [0.29, 0.717) is 22.2 Å². The number of pyridine rings is 1. The number of hydrogen-bond donors (Lipinski definition) is 0. The zero-order valence-electron chi connectivity index (χ0n) is 11.3. The molecule has 0 bridgehead atoms. The summed E-state index contributed by atoms with van der Waals surface area (Å²) in [5.41, 5.74) is 0.850. The lowest BCUT2D eigenvalue weighted by molar-refractivity contribution is -0.137. The van der Waals surface area contributed by atoms with Crippen LogP contribution in [0.1, 0.15) is 16.7 Å². The maximum atomic E-state index is 12.8. The largest absolute Gasteiger partial charge is 0.416 e. The van der Waals surface area contributed by atoms with Crippen LogP contribution in [0.3, 0.4) is 0 Å². The summed E-state index contributed by atoms with van der Waals surface area (Å²) in [6.07, 6.45) is -1.17. The molecule has 2 aromatic heterocycles. The molecular weight excluding hydrogens is 291 g/mol. The van der Waals surface area contributed by atoms with Crippen LogP contribution in [0.4, 0.5) is 13.2 Å². The molecule has 110 valence electrons. The van der Waals surface area contributed by atoms with Crippen LogP contribution in [-0.4, -0.2) is 9.55 Å². The molecule has 22 heavy (non-hydrogen) atoms. The van der Waals surface area contributed by atoms with Crippen molar-refractivity contribution in [3.05, 3.63) is 65.5 Å². The van der Waals surface area contributed by atoms with Gasteiger partial charge in [0.2, 0.25) is 0 Å². The summed E-state index contributed by atoms with van der Waals surface area (Å²) in [7, 11) is 0. The molecule has 0 aliphatic heterocycles. The summed E-state index contributed by atoms with van der Waals surface area (Å²) >= 11 is 0. The molecule has 0 fully saturated rings. The van der Waals surface area contributed by atoms with Crippen LogP contribution in [0.2, 0.25) is 0 Å². The molecule has 6 heteroatoms. The normalized spacial score (nSPS) is 11.5. The fourth-order valence-corrected chi connectivity index (χ4v) is 2.37. The van der Waals surface area contributed by atoms with E-state index < -0.39 is 11.7 Å². The summed E-state index contributed by atoms with van der Waals surface area (Å²) in [5.74, 6) is 0. The van der Waals surface area contributed by atoms with Gasteiger partial charge in [-0.05, 0) is 29.8 Å². The zero-order valence-corrected chi connectivity index (χ0v) is 11.3. The molecule has 0 aliphatic carbocycles. The minimum absolute atomic E-state index is 0.221. The first-order valence-corrected chi connectivity index (χ1v) is 6.49. The molecule has 1 aromatic carbocycles. The first-order chi connectivity index (χ1) is 10.5. The monoisotopic (exact) mass is 301 g/mol. The fraction of sp³-hybridized carbons (Fsp3) is 0.125. The Morgan fingerprint density at radius 3 is 2.73 bits per heavy atom. The summed E-state index contributed by atoms with van der Waals surface area (Å²) in [6, 6.07) is 10.7. The van der Waals surface area contributed by atoms with Crippen LogP contribution in [-0.2, 0) is 12.7 Å². The van der Waals surface area contributed by atoms with Crippen molar-refractivity contribution in [1.29, 1.82) is 5.26 Å². The van der Waals surface area contributed by atoms with Crippen LogP contribution in [0, 0.1) is 11.3 Å². The van der Waals surface area contributed by atoms with Crippen LogP contribution < -0.4 is 0 Å². The van der Waals surface area contributed by atoms with Gasteiger partial charge < -0.3 is 4.57 Å².